The van der Waals surface area contributed by atoms with Gasteiger partial charge in [0.2, 0.25) is 5.91 Å². The maximum atomic E-state index is 13.5. The summed E-state index contributed by atoms with van der Waals surface area (Å²) in [5.74, 6) is -0.874. The Labute approximate surface area is 187 Å². The Balaban J connectivity index is 1.73. The average Bonchev–Trinajstić information content (AvgIpc) is 3.27. The molecule has 0 aromatic heterocycles. The number of carbonyl (C=O) groups is 2. The molecule has 0 aliphatic carbocycles. The molecular weight excluding hydrogens is 434 g/mol. The van der Waals surface area contributed by atoms with Crippen molar-refractivity contribution in [3.63, 3.8) is 0 Å². The van der Waals surface area contributed by atoms with Gasteiger partial charge in [-0.25, -0.2) is 0 Å². The Hall–Kier alpha value is -2.91. The summed E-state index contributed by atoms with van der Waals surface area (Å²) in [4.78, 5) is 27.3. The highest BCUT2D eigenvalue weighted by Crippen LogP contribution is 2.51. The summed E-state index contributed by atoms with van der Waals surface area (Å²) < 4.78 is 38.6. The summed E-state index contributed by atoms with van der Waals surface area (Å²) in [7, 11) is -2.31. The lowest BCUT2D eigenvalue weighted by Gasteiger charge is -2.20. The predicted octanol–water partition coefficient (Wildman–Crippen LogP) is 2.47. The number of fused-ring (bicyclic) bond motifs is 3. The molecule has 0 spiro atoms. The van der Waals surface area contributed by atoms with Crippen LogP contribution in [0.1, 0.15) is 34.6 Å². The summed E-state index contributed by atoms with van der Waals surface area (Å²) >= 11 is 0. The van der Waals surface area contributed by atoms with Crippen LogP contribution in [0.3, 0.4) is 0 Å². The van der Waals surface area contributed by atoms with Crippen LogP contribution in [0.5, 0.6) is 5.75 Å². The molecule has 2 aromatic carbocycles. The largest absolute Gasteiger partial charge is 0.487 e. The smallest absolute Gasteiger partial charge is 0.306 e. The monoisotopic (exact) mass is 459 g/mol. The van der Waals surface area contributed by atoms with Crippen molar-refractivity contribution in [1.29, 1.82) is 0 Å². The molecule has 0 bridgehead atoms. The molecule has 170 valence electrons. The molecule has 2 heterocycles. The lowest BCUT2D eigenvalue weighted by molar-refractivity contribution is -0.142. The van der Waals surface area contributed by atoms with Gasteiger partial charge in [0.05, 0.1) is 37.9 Å². The van der Waals surface area contributed by atoms with Gasteiger partial charge in [0, 0.05) is 12.0 Å². The number of benzene rings is 2. The van der Waals surface area contributed by atoms with Crippen molar-refractivity contribution >= 4 is 27.7 Å². The second-order valence-corrected chi connectivity index (χ2v) is 9.76. The standard InChI is InChI=1S/C23H25NO7S/c1-14-9-16-10-17(13-30-32(3,27)28)31-22(16)20-18(11-19(25)29-2)23(26)24(21(14)20)12-15-7-5-4-6-8-15/h4-9,17-18H,10-13H2,1-3H3. The van der Waals surface area contributed by atoms with E-state index in [0.717, 1.165) is 28.6 Å². The van der Waals surface area contributed by atoms with Gasteiger partial charge in [0.15, 0.2) is 0 Å². The minimum atomic E-state index is -3.60. The van der Waals surface area contributed by atoms with Crippen molar-refractivity contribution in [3.05, 3.63) is 58.7 Å². The molecule has 9 heteroatoms. The molecule has 8 nitrogen and oxygen atoms in total. The number of carbonyl (C=O) groups excluding carboxylic acids is 2. The zero-order valence-corrected chi connectivity index (χ0v) is 19.0. The molecule has 2 unspecified atom stereocenters. The van der Waals surface area contributed by atoms with Gasteiger partial charge in [0.25, 0.3) is 10.1 Å². The lowest BCUT2D eigenvalue weighted by atomic mass is 9.92. The number of anilines is 1. The molecule has 0 fully saturated rings. The average molecular weight is 460 g/mol. The molecule has 2 aliphatic heterocycles. The number of aryl methyl sites for hydroxylation is 1. The first-order valence-electron chi connectivity index (χ1n) is 10.3. The quantitative estimate of drug-likeness (QED) is 0.463. The highest BCUT2D eigenvalue weighted by Gasteiger charge is 2.44. The van der Waals surface area contributed by atoms with Crippen LogP contribution in [0.2, 0.25) is 0 Å². The van der Waals surface area contributed by atoms with Crippen molar-refractivity contribution in [2.24, 2.45) is 0 Å². The third-order valence-electron chi connectivity index (χ3n) is 5.72. The SMILES string of the molecule is COC(=O)CC1C(=O)N(Cc2ccccc2)c2c(C)cc3c(c21)OC(COS(C)(=O)=O)C3. The summed E-state index contributed by atoms with van der Waals surface area (Å²) in [6.07, 6.45) is 0.847. The van der Waals surface area contributed by atoms with E-state index < -0.39 is 28.1 Å². The van der Waals surface area contributed by atoms with Gasteiger partial charge < -0.3 is 14.4 Å². The Bertz CT molecular complexity index is 1160. The third kappa shape index (κ3) is 4.35. The van der Waals surface area contributed by atoms with Gasteiger partial charge in [0.1, 0.15) is 18.5 Å². The van der Waals surface area contributed by atoms with Crippen LogP contribution in [0.15, 0.2) is 36.4 Å². The first-order valence-corrected chi connectivity index (χ1v) is 12.1. The summed E-state index contributed by atoms with van der Waals surface area (Å²) in [6, 6.07) is 11.6. The van der Waals surface area contributed by atoms with Crippen LogP contribution in [-0.4, -0.2) is 46.4 Å². The zero-order valence-electron chi connectivity index (χ0n) is 18.2. The molecule has 0 radical (unpaired) electrons. The van der Waals surface area contributed by atoms with Gasteiger partial charge >= 0.3 is 5.97 Å². The molecule has 2 aliphatic rings. The number of esters is 1. The fourth-order valence-corrected chi connectivity index (χ4v) is 4.79. The number of hydrogen-bond donors (Lipinski definition) is 0. The van der Waals surface area contributed by atoms with E-state index in [1.54, 1.807) is 4.90 Å². The zero-order chi connectivity index (χ0) is 23.0. The maximum absolute atomic E-state index is 13.5. The molecule has 2 aromatic rings. The van der Waals surface area contributed by atoms with Crippen molar-refractivity contribution in [1.82, 2.24) is 0 Å². The second kappa shape index (κ2) is 8.55. The number of hydrogen-bond acceptors (Lipinski definition) is 7. The van der Waals surface area contributed by atoms with Gasteiger partial charge in [-0.05, 0) is 23.6 Å². The van der Waals surface area contributed by atoms with E-state index in [-0.39, 0.29) is 18.9 Å². The van der Waals surface area contributed by atoms with Crippen molar-refractivity contribution in [2.45, 2.75) is 38.3 Å². The van der Waals surface area contributed by atoms with Gasteiger partial charge in [-0.3, -0.25) is 13.8 Å². The van der Waals surface area contributed by atoms with Crippen LogP contribution in [0.4, 0.5) is 5.69 Å². The van der Waals surface area contributed by atoms with Crippen LogP contribution in [0, 0.1) is 6.92 Å². The molecular formula is C23H25NO7S. The first-order chi connectivity index (χ1) is 15.2. The van der Waals surface area contributed by atoms with Crippen LogP contribution < -0.4 is 9.64 Å². The van der Waals surface area contributed by atoms with E-state index in [4.69, 9.17) is 13.7 Å². The third-order valence-corrected chi connectivity index (χ3v) is 6.28. The van der Waals surface area contributed by atoms with E-state index in [9.17, 15) is 18.0 Å². The van der Waals surface area contributed by atoms with Crippen molar-refractivity contribution in [2.75, 3.05) is 24.9 Å². The second-order valence-electron chi connectivity index (χ2n) is 8.12. The first kappa shape index (κ1) is 22.3. The van der Waals surface area contributed by atoms with Gasteiger partial charge in [-0.15, -0.1) is 0 Å². The normalized spacial score (nSPS) is 19.5. The molecule has 0 N–H and O–H groups in total. The maximum Gasteiger partial charge on any atom is 0.306 e. The van der Waals surface area contributed by atoms with E-state index in [1.165, 1.54) is 7.11 Å². The number of nitrogens with zero attached hydrogens (tertiary/aromatic N) is 1. The molecule has 0 saturated heterocycles. The summed E-state index contributed by atoms with van der Waals surface area (Å²) in [5.41, 5.74) is 4.12. The van der Waals surface area contributed by atoms with Crippen LogP contribution in [0.25, 0.3) is 0 Å². The Kier molecular flexibility index (Phi) is 5.96. The highest BCUT2D eigenvalue weighted by atomic mass is 32.2. The van der Waals surface area contributed by atoms with E-state index >= 15 is 0 Å². The van der Waals surface area contributed by atoms with Crippen molar-refractivity contribution in [3.8, 4) is 5.75 Å². The number of amides is 1. The molecule has 32 heavy (non-hydrogen) atoms. The molecule has 0 saturated carbocycles. The number of ether oxygens (including phenoxy) is 2. The Morgan fingerprint density at radius 3 is 2.62 bits per heavy atom. The molecule has 4 rings (SSSR count). The highest BCUT2D eigenvalue weighted by molar-refractivity contribution is 7.85. The van der Waals surface area contributed by atoms with Crippen molar-refractivity contribution < 1.29 is 31.7 Å². The van der Waals surface area contributed by atoms with Gasteiger partial charge in [-0.1, -0.05) is 36.4 Å². The summed E-state index contributed by atoms with van der Waals surface area (Å²) in [6.45, 7) is 2.17. The minimum absolute atomic E-state index is 0.0998. The Morgan fingerprint density at radius 2 is 1.97 bits per heavy atom. The van der Waals surface area contributed by atoms with Crippen LogP contribution in [-0.2, 0) is 41.6 Å². The minimum Gasteiger partial charge on any atom is -0.487 e. The lowest BCUT2D eigenvalue weighted by Crippen LogP contribution is -2.29. The fraction of sp³-hybridized carbons (Fsp3) is 0.391. The van der Waals surface area contributed by atoms with Gasteiger partial charge in [-0.2, -0.15) is 8.42 Å². The van der Waals surface area contributed by atoms with E-state index in [1.807, 2.05) is 43.3 Å². The number of rotatable bonds is 7. The number of methoxy groups -OCH3 is 1. The fourth-order valence-electron chi connectivity index (χ4n) is 4.39. The molecule has 2 atom stereocenters. The topological polar surface area (TPSA) is 99.2 Å². The van der Waals surface area contributed by atoms with E-state index in [0.29, 0.717) is 24.3 Å². The molecule has 1 amide bonds. The predicted molar refractivity (Wildman–Crippen MR) is 117 cm³/mol. The van der Waals surface area contributed by atoms with Crippen LogP contribution >= 0.6 is 0 Å². The Morgan fingerprint density at radius 1 is 1.25 bits per heavy atom. The van der Waals surface area contributed by atoms with E-state index in [2.05, 4.69) is 0 Å². The summed E-state index contributed by atoms with van der Waals surface area (Å²) in [5, 5.41) is 0.